The van der Waals surface area contributed by atoms with Crippen LogP contribution in [-0.4, -0.2) is 19.6 Å². The van der Waals surface area contributed by atoms with Crippen LogP contribution in [0.15, 0.2) is 42.5 Å². The third-order valence-corrected chi connectivity index (χ3v) is 3.71. The molecule has 0 aliphatic carbocycles. The third-order valence-electron chi connectivity index (χ3n) is 3.71. The van der Waals surface area contributed by atoms with Gasteiger partial charge in [0.1, 0.15) is 5.75 Å². The lowest BCUT2D eigenvalue weighted by Crippen LogP contribution is -2.29. The predicted molar refractivity (Wildman–Crippen MR) is 89.2 cm³/mol. The maximum atomic E-state index is 12.0. The lowest BCUT2D eigenvalue weighted by atomic mass is 10.1. The van der Waals surface area contributed by atoms with E-state index in [1.54, 1.807) is 7.11 Å². The Kier molecular flexibility index (Phi) is 5.42. The van der Waals surface area contributed by atoms with E-state index < -0.39 is 0 Å². The first kappa shape index (κ1) is 15.9. The molecule has 1 amide bonds. The maximum Gasteiger partial charge on any atom is 0.239 e. The molecule has 0 radical (unpaired) electrons. The molecule has 22 heavy (non-hydrogen) atoms. The van der Waals surface area contributed by atoms with E-state index in [1.165, 1.54) is 11.1 Å². The van der Waals surface area contributed by atoms with Crippen molar-refractivity contribution in [3.05, 3.63) is 59.2 Å². The number of hydrogen-bond acceptors (Lipinski definition) is 3. The number of carbonyl (C=O) groups excluding carboxylic acids is 1. The van der Waals surface area contributed by atoms with Crippen LogP contribution in [-0.2, 0) is 11.3 Å². The number of hydrogen-bond donors (Lipinski definition) is 2. The molecule has 0 unspecified atom stereocenters. The summed E-state index contributed by atoms with van der Waals surface area (Å²) >= 11 is 0. The van der Waals surface area contributed by atoms with Crippen LogP contribution in [0.3, 0.4) is 0 Å². The van der Waals surface area contributed by atoms with Gasteiger partial charge in [0.15, 0.2) is 0 Å². The van der Waals surface area contributed by atoms with Crippen molar-refractivity contribution < 1.29 is 9.53 Å². The SMILES string of the molecule is COc1ccccc1CNC(=O)CNc1cccc(C)c1C. The number of para-hydroxylation sites is 1. The molecule has 2 aromatic rings. The molecule has 116 valence electrons. The number of rotatable bonds is 6. The highest BCUT2D eigenvalue weighted by Gasteiger charge is 2.06. The second kappa shape index (κ2) is 7.50. The van der Waals surface area contributed by atoms with Crippen LogP contribution in [0.5, 0.6) is 5.75 Å². The number of benzene rings is 2. The minimum absolute atomic E-state index is 0.0492. The average Bonchev–Trinajstić information content (AvgIpc) is 2.54. The average molecular weight is 298 g/mol. The summed E-state index contributed by atoms with van der Waals surface area (Å²) in [7, 11) is 1.63. The van der Waals surface area contributed by atoms with Crippen LogP contribution >= 0.6 is 0 Å². The van der Waals surface area contributed by atoms with E-state index in [4.69, 9.17) is 4.74 Å². The Morgan fingerprint density at radius 3 is 2.64 bits per heavy atom. The summed E-state index contributed by atoms with van der Waals surface area (Å²) in [6.45, 7) is 4.81. The Bertz CT molecular complexity index is 653. The molecule has 4 nitrogen and oxygen atoms in total. The first-order valence-electron chi connectivity index (χ1n) is 7.30. The molecular formula is C18H22N2O2. The summed E-state index contributed by atoms with van der Waals surface area (Å²) in [5.41, 5.74) is 4.33. The van der Waals surface area contributed by atoms with Crippen LogP contribution in [0.4, 0.5) is 5.69 Å². The van der Waals surface area contributed by atoms with Crippen molar-refractivity contribution in [3.63, 3.8) is 0 Å². The Morgan fingerprint density at radius 1 is 1.09 bits per heavy atom. The van der Waals surface area contributed by atoms with E-state index in [2.05, 4.69) is 23.6 Å². The first-order valence-corrected chi connectivity index (χ1v) is 7.30. The highest BCUT2D eigenvalue weighted by molar-refractivity contribution is 5.81. The van der Waals surface area contributed by atoms with Crippen molar-refractivity contribution in [2.24, 2.45) is 0 Å². The van der Waals surface area contributed by atoms with Gasteiger partial charge in [0.05, 0.1) is 13.7 Å². The van der Waals surface area contributed by atoms with Crippen molar-refractivity contribution in [1.29, 1.82) is 0 Å². The van der Waals surface area contributed by atoms with E-state index in [-0.39, 0.29) is 12.5 Å². The van der Waals surface area contributed by atoms with Crippen molar-refractivity contribution in [3.8, 4) is 5.75 Å². The van der Waals surface area contributed by atoms with Gasteiger partial charge in [0.25, 0.3) is 0 Å². The van der Waals surface area contributed by atoms with Gasteiger partial charge >= 0.3 is 0 Å². The zero-order chi connectivity index (χ0) is 15.9. The van der Waals surface area contributed by atoms with E-state index in [0.29, 0.717) is 6.54 Å². The van der Waals surface area contributed by atoms with Gasteiger partial charge in [-0.15, -0.1) is 0 Å². The smallest absolute Gasteiger partial charge is 0.239 e. The largest absolute Gasteiger partial charge is 0.496 e. The number of aryl methyl sites for hydroxylation is 1. The van der Waals surface area contributed by atoms with Crippen molar-refractivity contribution in [2.75, 3.05) is 19.0 Å². The summed E-state index contributed by atoms with van der Waals surface area (Å²) in [5, 5.41) is 6.07. The third kappa shape index (κ3) is 4.01. The summed E-state index contributed by atoms with van der Waals surface area (Å²) in [6, 6.07) is 13.7. The van der Waals surface area contributed by atoms with Gasteiger partial charge in [-0.05, 0) is 37.1 Å². The fourth-order valence-electron chi connectivity index (χ4n) is 2.22. The Morgan fingerprint density at radius 2 is 1.86 bits per heavy atom. The molecule has 0 aliphatic rings. The monoisotopic (exact) mass is 298 g/mol. The molecule has 0 heterocycles. The minimum Gasteiger partial charge on any atom is -0.496 e. The predicted octanol–water partition coefficient (Wildman–Crippen LogP) is 3.04. The van der Waals surface area contributed by atoms with E-state index in [1.807, 2.05) is 43.3 Å². The summed E-state index contributed by atoms with van der Waals surface area (Å²) < 4.78 is 5.27. The fraction of sp³-hybridized carbons (Fsp3) is 0.278. The van der Waals surface area contributed by atoms with Crippen LogP contribution in [0.2, 0.25) is 0 Å². The standard InChI is InChI=1S/C18H22N2O2/c1-13-7-6-9-16(14(13)2)19-12-18(21)20-11-15-8-4-5-10-17(15)22-3/h4-10,19H,11-12H2,1-3H3,(H,20,21). The van der Waals surface area contributed by atoms with Crippen LogP contribution < -0.4 is 15.4 Å². The van der Waals surface area contributed by atoms with Gasteiger partial charge in [0.2, 0.25) is 5.91 Å². The maximum absolute atomic E-state index is 12.0. The molecular weight excluding hydrogens is 276 g/mol. The molecule has 2 aromatic carbocycles. The van der Waals surface area contributed by atoms with Crippen molar-refractivity contribution in [1.82, 2.24) is 5.32 Å². The van der Waals surface area contributed by atoms with Gasteiger partial charge < -0.3 is 15.4 Å². The Balaban J connectivity index is 1.87. The normalized spacial score (nSPS) is 10.1. The molecule has 4 heteroatoms. The quantitative estimate of drug-likeness (QED) is 0.862. The number of ether oxygens (including phenoxy) is 1. The zero-order valence-electron chi connectivity index (χ0n) is 13.3. The number of carbonyl (C=O) groups is 1. The lowest BCUT2D eigenvalue weighted by molar-refractivity contribution is -0.119. The van der Waals surface area contributed by atoms with Crippen molar-refractivity contribution >= 4 is 11.6 Å². The van der Waals surface area contributed by atoms with E-state index in [0.717, 1.165) is 17.0 Å². The second-order valence-corrected chi connectivity index (χ2v) is 5.19. The molecule has 0 aromatic heterocycles. The highest BCUT2D eigenvalue weighted by Crippen LogP contribution is 2.18. The minimum atomic E-state index is -0.0492. The molecule has 0 bridgehead atoms. The van der Waals surface area contributed by atoms with Crippen molar-refractivity contribution in [2.45, 2.75) is 20.4 Å². The Hall–Kier alpha value is -2.49. The van der Waals surface area contributed by atoms with Crippen LogP contribution in [0, 0.1) is 13.8 Å². The summed E-state index contributed by atoms with van der Waals surface area (Å²) in [4.78, 5) is 12.0. The number of anilines is 1. The molecule has 0 aliphatic heterocycles. The summed E-state index contributed by atoms with van der Waals surface area (Å²) in [6.07, 6.45) is 0. The van der Waals surface area contributed by atoms with Gasteiger partial charge in [-0.1, -0.05) is 30.3 Å². The topological polar surface area (TPSA) is 50.4 Å². The van der Waals surface area contributed by atoms with Gasteiger partial charge in [0, 0.05) is 17.8 Å². The molecule has 2 N–H and O–H groups in total. The van der Waals surface area contributed by atoms with Crippen LogP contribution in [0.25, 0.3) is 0 Å². The molecule has 0 saturated carbocycles. The summed E-state index contributed by atoms with van der Waals surface area (Å²) in [5.74, 6) is 0.733. The molecule has 0 saturated heterocycles. The number of amides is 1. The Labute approximate surface area is 131 Å². The lowest BCUT2D eigenvalue weighted by Gasteiger charge is -2.12. The van der Waals surface area contributed by atoms with Gasteiger partial charge in [-0.2, -0.15) is 0 Å². The molecule has 0 fully saturated rings. The molecule has 0 atom stereocenters. The zero-order valence-corrected chi connectivity index (χ0v) is 13.3. The molecule has 0 spiro atoms. The number of methoxy groups -OCH3 is 1. The van der Waals surface area contributed by atoms with E-state index in [9.17, 15) is 4.79 Å². The number of nitrogens with one attached hydrogen (secondary N) is 2. The first-order chi connectivity index (χ1) is 10.6. The highest BCUT2D eigenvalue weighted by atomic mass is 16.5. The molecule has 2 rings (SSSR count). The second-order valence-electron chi connectivity index (χ2n) is 5.19. The van der Waals surface area contributed by atoms with Gasteiger partial charge in [-0.25, -0.2) is 0 Å². The van der Waals surface area contributed by atoms with Gasteiger partial charge in [-0.3, -0.25) is 4.79 Å². The fourth-order valence-corrected chi connectivity index (χ4v) is 2.22. The van der Waals surface area contributed by atoms with E-state index >= 15 is 0 Å². The van der Waals surface area contributed by atoms with Crippen LogP contribution in [0.1, 0.15) is 16.7 Å².